The molecule has 0 aliphatic heterocycles. The molecule has 156 valence electrons. The molecule has 4 nitrogen and oxygen atoms in total. The molecule has 1 fully saturated rings. The van der Waals surface area contributed by atoms with Crippen LogP contribution in [0.3, 0.4) is 0 Å². The Bertz CT molecular complexity index is 989. The molecule has 0 saturated heterocycles. The van der Waals surface area contributed by atoms with Gasteiger partial charge in [0.1, 0.15) is 18.0 Å². The van der Waals surface area contributed by atoms with E-state index >= 15 is 0 Å². The van der Waals surface area contributed by atoms with Gasteiger partial charge in [-0.05, 0) is 55.5 Å². The molecule has 3 aromatic rings. The van der Waals surface area contributed by atoms with E-state index in [0.29, 0.717) is 13.0 Å². The summed E-state index contributed by atoms with van der Waals surface area (Å²) in [5, 5.41) is 1.13. The van der Waals surface area contributed by atoms with Gasteiger partial charge < -0.3 is 9.47 Å². The van der Waals surface area contributed by atoms with Crippen LogP contribution in [0.5, 0.6) is 5.75 Å². The fourth-order valence-corrected chi connectivity index (χ4v) is 4.24. The number of para-hydroxylation sites is 1. The second kappa shape index (κ2) is 9.29. The highest BCUT2D eigenvalue weighted by Crippen LogP contribution is 2.40. The molecule has 1 aliphatic carbocycles. The molecule has 0 N–H and O–H groups in total. The van der Waals surface area contributed by atoms with E-state index < -0.39 is 5.60 Å². The third kappa shape index (κ3) is 4.64. The minimum absolute atomic E-state index is 0.125. The van der Waals surface area contributed by atoms with Crippen molar-refractivity contribution in [2.75, 3.05) is 0 Å². The molecule has 1 saturated carbocycles. The van der Waals surface area contributed by atoms with Crippen LogP contribution in [0, 0.1) is 0 Å². The lowest BCUT2D eigenvalue weighted by molar-refractivity contribution is -0.162. The SMILES string of the molecule is CCC(=O)OC1(c2ccc(OCc3ccc4ccccc4n3)cc2)CCCCCC1. The lowest BCUT2D eigenvalue weighted by Crippen LogP contribution is -2.32. The summed E-state index contributed by atoms with van der Waals surface area (Å²) in [7, 11) is 0. The summed E-state index contributed by atoms with van der Waals surface area (Å²) in [5.41, 5.74) is 2.45. The van der Waals surface area contributed by atoms with E-state index in [1.165, 1.54) is 12.8 Å². The van der Waals surface area contributed by atoms with Crippen molar-refractivity contribution in [2.24, 2.45) is 0 Å². The predicted molar refractivity (Wildman–Crippen MR) is 118 cm³/mol. The van der Waals surface area contributed by atoms with Crippen LogP contribution < -0.4 is 4.74 Å². The Kier molecular flexibility index (Phi) is 6.32. The molecule has 0 atom stereocenters. The normalized spacial score (nSPS) is 16.0. The van der Waals surface area contributed by atoms with E-state index in [1.807, 2.05) is 43.3 Å². The Hall–Kier alpha value is -2.88. The highest BCUT2D eigenvalue weighted by molar-refractivity contribution is 5.78. The van der Waals surface area contributed by atoms with E-state index in [9.17, 15) is 4.79 Å². The van der Waals surface area contributed by atoms with E-state index in [4.69, 9.17) is 9.47 Å². The molecule has 1 aliphatic rings. The first-order valence-corrected chi connectivity index (χ1v) is 11.0. The van der Waals surface area contributed by atoms with Crippen molar-refractivity contribution in [3.63, 3.8) is 0 Å². The zero-order valence-electron chi connectivity index (χ0n) is 17.6. The monoisotopic (exact) mass is 403 g/mol. The molecule has 1 heterocycles. The standard InChI is InChI=1S/C26H29NO3/c1-2-25(28)30-26(17-7-3-4-8-18-26)21-12-15-23(16-13-21)29-19-22-14-11-20-9-5-6-10-24(20)27-22/h5-6,9-16H,2-4,7-8,17-19H2,1H3. The number of aromatic nitrogens is 1. The average molecular weight is 404 g/mol. The predicted octanol–water partition coefficient (Wildman–Crippen LogP) is 6.32. The number of fused-ring (bicyclic) bond motifs is 1. The molecule has 2 aromatic carbocycles. The van der Waals surface area contributed by atoms with Crippen LogP contribution in [0.15, 0.2) is 60.7 Å². The Morgan fingerprint density at radius 1 is 0.933 bits per heavy atom. The van der Waals surface area contributed by atoms with Crippen LogP contribution in [0.25, 0.3) is 10.9 Å². The van der Waals surface area contributed by atoms with Gasteiger partial charge in [-0.15, -0.1) is 0 Å². The van der Waals surface area contributed by atoms with Crippen LogP contribution in [0.2, 0.25) is 0 Å². The molecule has 0 radical (unpaired) electrons. The number of carbonyl (C=O) groups is 1. The van der Waals surface area contributed by atoms with Gasteiger partial charge in [0.15, 0.2) is 0 Å². The molecule has 4 rings (SSSR count). The zero-order valence-corrected chi connectivity index (χ0v) is 17.6. The van der Waals surface area contributed by atoms with Gasteiger partial charge in [-0.2, -0.15) is 0 Å². The number of carbonyl (C=O) groups excluding carboxylic acids is 1. The van der Waals surface area contributed by atoms with Gasteiger partial charge in [0.25, 0.3) is 0 Å². The van der Waals surface area contributed by atoms with Crippen LogP contribution in [-0.4, -0.2) is 11.0 Å². The van der Waals surface area contributed by atoms with Crippen molar-refractivity contribution >= 4 is 16.9 Å². The lowest BCUT2D eigenvalue weighted by atomic mass is 9.86. The topological polar surface area (TPSA) is 48.4 Å². The Morgan fingerprint density at radius 2 is 1.67 bits per heavy atom. The molecule has 1 aromatic heterocycles. The number of esters is 1. The van der Waals surface area contributed by atoms with Crippen LogP contribution in [0.1, 0.15) is 63.1 Å². The Balaban J connectivity index is 1.48. The molecule has 30 heavy (non-hydrogen) atoms. The molecule has 0 bridgehead atoms. The largest absolute Gasteiger partial charge is 0.487 e. The number of hydrogen-bond donors (Lipinski definition) is 0. The van der Waals surface area contributed by atoms with Crippen molar-refractivity contribution in [1.82, 2.24) is 4.98 Å². The summed E-state index contributed by atoms with van der Waals surface area (Å²) in [4.78, 5) is 16.8. The van der Waals surface area contributed by atoms with Gasteiger partial charge in [-0.1, -0.05) is 56.2 Å². The van der Waals surface area contributed by atoms with Crippen molar-refractivity contribution in [2.45, 2.75) is 64.1 Å². The first-order valence-electron chi connectivity index (χ1n) is 11.0. The molecule has 0 unspecified atom stereocenters. The first kappa shape index (κ1) is 20.4. The van der Waals surface area contributed by atoms with E-state index in [2.05, 4.69) is 29.2 Å². The van der Waals surface area contributed by atoms with Gasteiger partial charge in [-0.3, -0.25) is 4.79 Å². The number of hydrogen-bond acceptors (Lipinski definition) is 4. The van der Waals surface area contributed by atoms with E-state index in [0.717, 1.165) is 53.6 Å². The van der Waals surface area contributed by atoms with Gasteiger partial charge in [0.2, 0.25) is 0 Å². The first-order chi connectivity index (χ1) is 14.7. The highest BCUT2D eigenvalue weighted by atomic mass is 16.6. The smallest absolute Gasteiger partial charge is 0.306 e. The minimum atomic E-state index is -0.498. The van der Waals surface area contributed by atoms with Crippen LogP contribution in [0.4, 0.5) is 0 Å². The minimum Gasteiger partial charge on any atom is -0.487 e. The maximum atomic E-state index is 12.1. The van der Waals surface area contributed by atoms with Gasteiger partial charge in [0, 0.05) is 11.8 Å². The summed E-state index contributed by atoms with van der Waals surface area (Å²) < 4.78 is 12.0. The zero-order chi connectivity index (χ0) is 20.8. The van der Waals surface area contributed by atoms with E-state index in [1.54, 1.807) is 0 Å². The molecular formula is C26H29NO3. The van der Waals surface area contributed by atoms with Crippen molar-refractivity contribution in [3.8, 4) is 5.75 Å². The third-order valence-electron chi connectivity index (χ3n) is 5.93. The van der Waals surface area contributed by atoms with Crippen molar-refractivity contribution in [1.29, 1.82) is 0 Å². The quantitative estimate of drug-likeness (QED) is 0.357. The van der Waals surface area contributed by atoms with Crippen LogP contribution in [-0.2, 0) is 21.7 Å². The molecule has 0 spiro atoms. The molecule has 0 amide bonds. The molecule has 4 heteroatoms. The summed E-state index contributed by atoms with van der Waals surface area (Å²) in [5.74, 6) is 0.666. The second-order valence-electron chi connectivity index (χ2n) is 8.04. The Morgan fingerprint density at radius 3 is 2.40 bits per heavy atom. The average Bonchev–Trinajstić information content (AvgIpc) is 3.04. The third-order valence-corrected chi connectivity index (χ3v) is 5.93. The van der Waals surface area contributed by atoms with Crippen LogP contribution >= 0.6 is 0 Å². The maximum Gasteiger partial charge on any atom is 0.306 e. The highest BCUT2D eigenvalue weighted by Gasteiger charge is 2.36. The maximum absolute atomic E-state index is 12.1. The van der Waals surface area contributed by atoms with Crippen molar-refractivity contribution in [3.05, 3.63) is 71.9 Å². The molecular weight excluding hydrogens is 374 g/mol. The summed E-state index contributed by atoms with van der Waals surface area (Å²) in [6.07, 6.45) is 6.75. The Labute approximate surface area is 178 Å². The number of rotatable bonds is 6. The number of pyridine rings is 1. The fourth-order valence-electron chi connectivity index (χ4n) is 4.24. The second-order valence-corrected chi connectivity index (χ2v) is 8.04. The van der Waals surface area contributed by atoms with Gasteiger partial charge in [-0.25, -0.2) is 4.98 Å². The number of ether oxygens (including phenoxy) is 2. The number of nitrogens with zero attached hydrogens (tertiary/aromatic N) is 1. The fraction of sp³-hybridized carbons (Fsp3) is 0.385. The summed E-state index contributed by atoms with van der Waals surface area (Å²) in [6.45, 7) is 2.27. The summed E-state index contributed by atoms with van der Waals surface area (Å²) >= 11 is 0. The van der Waals surface area contributed by atoms with E-state index in [-0.39, 0.29) is 5.97 Å². The van der Waals surface area contributed by atoms with Gasteiger partial charge >= 0.3 is 5.97 Å². The summed E-state index contributed by atoms with van der Waals surface area (Å²) in [6, 6.07) is 20.2. The van der Waals surface area contributed by atoms with Gasteiger partial charge in [0.05, 0.1) is 11.2 Å². The number of benzene rings is 2. The van der Waals surface area contributed by atoms with Crippen molar-refractivity contribution < 1.29 is 14.3 Å². The lowest BCUT2D eigenvalue weighted by Gasteiger charge is -2.33.